The van der Waals surface area contributed by atoms with Gasteiger partial charge in [0, 0.05) is 17.7 Å². The number of aromatic nitrogens is 2. The Bertz CT molecular complexity index is 791. The van der Waals surface area contributed by atoms with E-state index in [0.717, 1.165) is 16.8 Å². The molecule has 3 aromatic rings. The third kappa shape index (κ3) is 2.56. The van der Waals surface area contributed by atoms with Crippen molar-refractivity contribution < 1.29 is 9.47 Å². The Morgan fingerprint density at radius 3 is 2.38 bits per heavy atom. The van der Waals surface area contributed by atoms with Crippen LogP contribution < -0.4 is 9.47 Å². The Morgan fingerprint density at radius 1 is 0.952 bits per heavy atom. The molecule has 0 bridgehead atoms. The Kier molecular flexibility index (Phi) is 3.75. The van der Waals surface area contributed by atoms with Gasteiger partial charge < -0.3 is 9.47 Å². The lowest BCUT2D eigenvalue weighted by Crippen LogP contribution is -1.96. The first-order valence-corrected chi connectivity index (χ1v) is 7.17. The van der Waals surface area contributed by atoms with Crippen LogP contribution in [-0.4, -0.2) is 24.2 Å². The maximum Gasteiger partial charge on any atom is 0.150 e. The third-order valence-electron chi connectivity index (χ3n) is 3.17. The van der Waals surface area contributed by atoms with Crippen molar-refractivity contribution in [3.05, 3.63) is 47.1 Å². The average molecular weight is 345 g/mol. The highest BCUT2D eigenvalue weighted by molar-refractivity contribution is 9.10. The maximum absolute atomic E-state index is 5.40. The first-order valence-electron chi connectivity index (χ1n) is 6.37. The highest BCUT2D eigenvalue weighted by Gasteiger charge is 2.13. The lowest BCUT2D eigenvalue weighted by molar-refractivity contribution is 0.397. The van der Waals surface area contributed by atoms with Crippen LogP contribution in [0.4, 0.5) is 0 Å². The SMILES string of the molecule is COc1cc(OC)c2nc(-c3ccccc3)c(Br)nc2c1. The highest BCUT2D eigenvalue weighted by atomic mass is 79.9. The molecule has 0 N–H and O–H groups in total. The van der Waals surface area contributed by atoms with Gasteiger partial charge in [0.15, 0.2) is 0 Å². The van der Waals surface area contributed by atoms with Gasteiger partial charge in [-0.25, -0.2) is 9.97 Å². The van der Waals surface area contributed by atoms with Gasteiger partial charge in [0.05, 0.1) is 19.7 Å². The van der Waals surface area contributed by atoms with Crippen LogP contribution in [0.15, 0.2) is 47.1 Å². The van der Waals surface area contributed by atoms with Gasteiger partial charge in [-0.05, 0) is 15.9 Å². The van der Waals surface area contributed by atoms with E-state index in [-0.39, 0.29) is 0 Å². The van der Waals surface area contributed by atoms with Crippen molar-refractivity contribution in [2.75, 3.05) is 14.2 Å². The minimum Gasteiger partial charge on any atom is -0.497 e. The van der Waals surface area contributed by atoms with Crippen molar-refractivity contribution >= 4 is 27.0 Å². The van der Waals surface area contributed by atoms with E-state index < -0.39 is 0 Å². The van der Waals surface area contributed by atoms with E-state index in [0.29, 0.717) is 21.6 Å². The third-order valence-corrected chi connectivity index (χ3v) is 3.72. The fraction of sp³-hybridized carbons (Fsp3) is 0.125. The van der Waals surface area contributed by atoms with E-state index in [4.69, 9.17) is 14.5 Å². The molecule has 0 aliphatic rings. The molecular weight excluding hydrogens is 332 g/mol. The van der Waals surface area contributed by atoms with E-state index in [1.165, 1.54) is 0 Å². The van der Waals surface area contributed by atoms with Crippen molar-refractivity contribution in [2.24, 2.45) is 0 Å². The summed E-state index contributed by atoms with van der Waals surface area (Å²) in [6, 6.07) is 13.5. The Morgan fingerprint density at radius 2 is 1.71 bits per heavy atom. The molecule has 0 unspecified atom stereocenters. The standard InChI is InChI=1S/C16H13BrN2O2/c1-20-11-8-12-15(13(9-11)21-2)19-14(16(17)18-12)10-6-4-3-5-7-10/h3-9H,1-2H3. The van der Waals surface area contributed by atoms with Crippen molar-refractivity contribution in [1.82, 2.24) is 9.97 Å². The molecule has 0 saturated heterocycles. The molecule has 0 saturated carbocycles. The zero-order valence-electron chi connectivity index (χ0n) is 11.6. The van der Waals surface area contributed by atoms with Crippen LogP contribution in [0.2, 0.25) is 0 Å². The summed E-state index contributed by atoms with van der Waals surface area (Å²) >= 11 is 3.49. The van der Waals surface area contributed by atoms with Gasteiger partial charge in [-0.15, -0.1) is 0 Å². The fourth-order valence-corrected chi connectivity index (χ4v) is 2.64. The zero-order valence-corrected chi connectivity index (χ0v) is 13.2. The normalized spacial score (nSPS) is 10.6. The first kappa shape index (κ1) is 13.8. The molecule has 2 aromatic carbocycles. The van der Waals surface area contributed by atoms with E-state index in [1.54, 1.807) is 20.3 Å². The molecule has 0 radical (unpaired) electrons. The molecule has 21 heavy (non-hydrogen) atoms. The largest absolute Gasteiger partial charge is 0.497 e. The molecular formula is C16H13BrN2O2. The second kappa shape index (κ2) is 5.69. The predicted octanol–water partition coefficient (Wildman–Crippen LogP) is 4.08. The van der Waals surface area contributed by atoms with Crippen molar-refractivity contribution in [3.63, 3.8) is 0 Å². The Hall–Kier alpha value is -2.14. The molecule has 0 spiro atoms. The summed E-state index contributed by atoms with van der Waals surface area (Å²) < 4.78 is 11.4. The second-order valence-corrected chi connectivity index (χ2v) is 5.18. The number of halogens is 1. The van der Waals surface area contributed by atoms with Crippen LogP contribution in [0.25, 0.3) is 22.3 Å². The van der Waals surface area contributed by atoms with Gasteiger partial charge in [-0.3, -0.25) is 0 Å². The molecule has 0 amide bonds. The van der Waals surface area contributed by atoms with Crippen LogP contribution in [-0.2, 0) is 0 Å². The van der Waals surface area contributed by atoms with Crippen LogP contribution >= 0.6 is 15.9 Å². The number of fused-ring (bicyclic) bond motifs is 1. The smallest absolute Gasteiger partial charge is 0.150 e. The van der Waals surface area contributed by atoms with Crippen LogP contribution in [0.3, 0.4) is 0 Å². The quantitative estimate of drug-likeness (QED) is 0.718. The van der Waals surface area contributed by atoms with E-state index in [2.05, 4.69) is 20.9 Å². The van der Waals surface area contributed by atoms with Gasteiger partial charge in [-0.2, -0.15) is 0 Å². The fourth-order valence-electron chi connectivity index (χ4n) is 2.14. The summed E-state index contributed by atoms with van der Waals surface area (Å²) in [7, 11) is 3.22. The molecule has 106 valence electrons. The molecule has 0 fully saturated rings. The molecule has 0 aliphatic heterocycles. The summed E-state index contributed by atoms with van der Waals surface area (Å²) in [4.78, 5) is 9.26. The summed E-state index contributed by atoms with van der Waals surface area (Å²) in [6.07, 6.45) is 0. The van der Waals surface area contributed by atoms with Crippen LogP contribution in [0, 0.1) is 0 Å². The summed E-state index contributed by atoms with van der Waals surface area (Å²) in [5.74, 6) is 1.33. The average Bonchev–Trinajstić information content (AvgIpc) is 2.53. The Balaban J connectivity index is 2.28. The minimum atomic E-state index is 0.640. The van der Waals surface area contributed by atoms with Crippen LogP contribution in [0.1, 0.15) is 0 Å². The molecule has 4 nitrogen and oxygen atoms in total. The number of ether oxygens (including phenoxy) is 2. The second-order valence-electron chi connectivity index (χ2n) is 4.43. The number of benzene rings is 2. The van der Waals surface area contributed by atoms with Crippen molar-refractivity contribution in [1.29, 1.82) is 0 Å². The van der Waals surface area contributed by atoms with E-state index >= 15 is 0 Å². The van der Waals surface area contributed by atoms with E-state index in [9.17, 15) is 0 Å². The van der Waals surface area contributed by atoms with Gasteiger partial charge in [-0.1, -0.05) is 30.3 Å². The van der Waals surface area contributed by atoms with E-state index in [1.807, 2.05) is 36.4 Å². The predicted molar refractivity (Wildman–Crippen MR) is 85.8 cm³/mol. The van der Waals surface area contributed by atoms with Crippen molar-refractivity contribution in [2.45, 2.75) is 0 Å². The Labute approximate surface area is 130 Å². The zero-order chi connectivity index (χ0) is 14.8. The molecule has 1 aromatic heterocycles. The molecule has 1 heterocycles. The topological polar surface area (TPSA) is 44.2 Å². The summed E-state index contributed by atoms with van der Waals surface area (Å²) in [5, 5.41) is 0. The molecule has 0 atom stereocenters. The number of rotatable bonds is 3. The molecule has 5 heteroatoms. The first-order chi connectivity index (χ1) is 10.2. The minimum absolute atomic E-state index is 0.640. The number of nitrogens with zero attached hydrogens (tertiary/aromatic N) is 2. The lowest BCUT2D eigenvalue weighted by atomic mass is 10.1. The molecule has 3 rings (SSSR count). The van der Waals surface area contributed by atoms with Gasteiger partial charge in [0.25, 0.3) is 0 Å². The number of hydrogen-bond acceptors (Lipinski definition) is 4. The number of methoxy groups -OCH3 is 2. The van der Waals surface area contributed by atoms with Crippen molar-refractivity contribution in [3.8, 4) is 22.8 Å². The summed E-state index contributed by atoms with van der Waals surface area (Å²) in [6.45, 7) is 0. The maximum atomic E-state index is 5.40. The van der Waals surface area contributed by atoms with Gasteiger partial charge in [0.1, 0.15) is 27.3 Å². The monoisotopic (exact) mass is 344 g/mol. The lowest BCUT2D eigenvalue weighted by Gasteiger charge is -2.10. The molecule has 0 aliphatic carbocycles. The summed E-state index contributed by atoms with van der Waals surface area (Å²) in [5.41, 5.74) is 3.21. The van der Waals surface area contributed by atoms with Gasteiger partial charge >= 0.3 is 0 Å². The number of hydrogen-bond donors (Lipinski definition) is 0. The van der Waals surface area contributed by atoms with Gasteiger partial charge in [0.2, 0.25) is 0 Å². The highest BCUT2D eigenvalue weighted by Crippen LogP contribution is 2.33. The van der Waals surface area contributed by atoms with Crippen LogP contribution in [0.5, 0.6) is 11.5 Å².